The molecule has 0 bridgehead atoms. The summed E-state index contributed by atoms with van der Waals surface area (Å²) < 4.78 is 1.26. The number of Topliss-reactive ketones (excluding diaryl/α,β-unsaturated/α-hetero) is 1. The van der Waals surface area contributed by atoms with Crippen LogP contribution in [0.4, 0.5) is 11.6 Å². The van der Waals surface area contributed by atoms with E-state index < -0.39 is 10.7 Å². The summed E-state index contributed by atoms with van der Waals surface area (Å²) in [5, 5.41) is 13.9. The number of hydrogen-bond acceptors (Lipinski definition) is 7. The number of benzene rings is 1. The highest BCUT2D eigenvalue weighted by molar-refractivity contribution is 6.02. The van der Waals surface area contributed by atoms with Crippen LogP contribution in [0.3, 0.4) is 0 Å². The van der Waals surface area contributed by atoms with Crippen molar-refractivity contribution in [2.75, 3.05) is 11.9 Å². The molecule has 0 amide bonds. The second-order valence-corrected chi connectivity index (χ2v) is 5.65. The molecule has 0 radical (unpaired) electrons. The van der Waals surface area contributed by atoms with Crippen molar-refractivity contribution in [1.29, 1.82) is 0 Å². The van der Waals surface area contributed by atoms with Gasteiger partial charge in [0.15, 0.2) is 5.78 Å². The fourth-order valence-corrected chi connectivity index (χ4v) is 2.49. The van der Waals surface area contributed by atoms with Crippen molar-refractivity contribution in [2.24, 2.45) is 7.05 Å². The van der Waals surface area contributed by atoms with Crippen molar-refractivity contribution in [3.8, 4) is 11.3 Å². The standard InChI is InChI=1S/C18H15N5O4/c1-22-17(25)10-14(12-6-8-19-9-7-12)21-18(22)20-11-16(24)13-4-2-3-5-15(13)23(26)27/h2-10H,11H2,1H3,(H,20,21). The van der Waals surface area contributed by atoms with Crippen LogP contribution in [0, 0.1) is 10.1 Å². The first-order chi connectivity index (χ1) is 13.0. The third-order valence-electron chi connectivity index (χ3n) is 3.92. The van der Waals surface area contributed by atoms with Gasteiger partial charge >= 0.3 is 0 Å². The third kappa shape index (κ3) is 3.87. The molecule has 2 aromatic heterocycles. The van der Waals surface area contributed by atoms with Gasteiger partial charge in [0, 0.05) is 37.1 Å². The smallest absolute Gasteiger partial charge is 0.280 e. The molecule has 0 saturated heterocycles. The van der Waals surface area contributed by atoms with Crippen molar-refractivity contribution >= 4 is 17.4 Å². The van der Waals surface area contributed by atoms with Crippen LogP contribution in [0.5, 0.6) is 0 Å². The van der Waals surface area contributed by atoms with E-state index in [1.807, 2.05) is 0 Å². The highest BCUT2D eigenvalue weighted by atomic mass is 16.6. The number of carbonyl (C=O) groups excluding carboxylic acids is 1. The number of nitro benzene ring substituents is 1. The number of para-hydroxylation sites is 1. The van der Waals surface area contributed by atoms with Gasteiger partial charge in [0.1, 0.15) is 0 Å². The van der Waals surface area contributed by atoms with Crippen molar-refractivity contribution in [3.63, 3.8) is 0 Å². The minimum absolute atomic E-state index is 0.00899. The number of carbonyl (C=O) groups is 1. The van der Waals surface area contributed by atoms with E-state index in [-0.39, 0.29) is 29.3 Å². The maximum Gasteiger partial charge on any atom is 0.280 e. The Morgan fingerprint density at radius 3 is 2.63 bits per heavy atom. The molecule has 1 N–H and O–H groups in total. The first kappa shape index (κ1) is 17.9. The average Bonchev–Trinajstić information content (AvgIpc) is 2.69. The summed E-state index contributed by atoms with van der Waals surface area (Å²) in [6.45, 7) is -0.245. The van der Waals surface area contributed by atoms with Gasteiger partial charge in [-0.2, -0.15) is 0 Å². The van der Waals surface area contributed by atoms with Gasteiger partial charge in [-0.05, 0) is 18.2 Å². The van der Waals surface area contributed by atoms with E-state index in [4.69, 9.17) is 0 Å². The van der Waals surface area contributed by atoms with Crippen LogP contribution in [0.1, 0.15) is 10.4 Å². The van der Waals surface area contributed by atoms with Gasteiger partial charge in [0.05, 0.1) is 22.7 Å². The molecule has 136 valence electrons. The molecule has 27 heavy (non-hydrogen) atoms. The van der Waals surface area contributed by atoms with Gasteiger partial charge in [0.25, 0.3) is 11.2 Å². The number of nitrogens with one attached hydrogen (secondary N) is 1. The highest BCUT2D eigenvalue weighted by Gasteiger charge is 2.19. The Bertz CT molecular complexity index is 1060. The second kappa shape index (κ2) is 7.56. The summed E-state index contributed by atoms with van der Waals surface area (Å²) in [5.41, 5.74) is 0.552. The van der Waals surface area contributed by atoms with Crippen LogP contribution in [-0.2, 0) is 7.05 Å². The number of pyridine rings is 1. The molecule has 3 rings (SSSR count). The summed E-state index contributed by atoms with van der Waals surface area (Å²) in [7, 11) is 1.52. The fraction of sp³-hybridized carbons (Fsp3) is 0.111. The van der Waals surface area contributed by atoms with E-state index in [2.05, 4.69) is 15.3 Å². The van der Waals surface area contributed by atoms with Gasteiger partial charge in [-0.25, -0.2) is 4.98 Å². The maximum absolute atomic E-state index is 12.4. The van der Waals surface area contributed by atoms with E-state index in [9.17, 15) is 19.7 Å². The molecule has 9 heteroatoms. The minimum atomic E-state index is -0.606. The Hall–Kier alpha value is -3.88. The molecule has 0 aliphatic carbocycles. The van der Waals surface area contributed by atoms with E-state index in [0.717, 1.165) is 0 Å². The zero-order valence-corrected chi connectivity index (χ0v) is 14.3. The van der Waals surface area contributed by atoms with Gasteiger partial charge in [-0.15, -0.1) is 0 Å². The fourth-order valence-electron chi connectivity index (χ4n) is 2.49. The van der Waals surface area contributed by atoms with Crippen molar-refractivity contribution < 1.29 is 9.72 Å². The molecule has 2 heterocycles. The number of aromatic nitrogens is 3. The van der Waals surface area contributed by atoms with Crippen LogP contribution in [-0.4, -0.2) is 31.8 Å². The molecule has 0 saturated carbocycles. The van der Waals surface area contributed by atoms with E-state index in [0.29, 0.717) is 11.3 Å². The van der Waals surface area contributed by atoms with E-state index in [1.54, 1.807) is 30.6 Å². The van der Waals surface area contributed by atoms with Crippen molar-refractivity contribution in [1.82, 2.24) is 14.5 Å². The predicted octanol–water partition coefficient (Wildman–Crippen LogP) is 2.05. The molecule has 1 aromatic carbocycles. The number of rotatable bonds is 6. The summed E-state index contributed by atoms with van der Waals surface area (Å²) >= 11 is 0. The predicted molar refractivity (Wildman–Crippen MR) is 98.6 cm³/mol. The lowest BCUT2D eigenvalue weighted by Gasteiger charge is -2.11. The Morgan fingerprint density at radius 1 is 1.22 bits per heavy atom. The highest BCUT2D eigenvalue weighted by Crippen LogP contribution is 2.19. The minimum Gasteiger partial charge on any atom is -0.348 e. The van der Waals surface area contributed by atoms with Crippen molar-refractivity contribution in [2.45, 2.75) is 0 Å². The topological polar surface area (TPSA) is 120 Å². The van der Waals surface area contributed by atoms with Crippen LogP contribution in [0.15, 0.2) is 59.7 Å². The summed E-state index contributed by atoms with van der Waals surface area (Å²) in [6, 6.07) is 10.5. The van der Waals surface area contributed by atoms with Crippen molar-refractivity contribution in [3.05, 3.63) is 80.9 Å². The number of hydrogen-bond donors (Lipinski definition) is 1. The first-order valence-electron chi connectivity index (χ1n) is 7.96. The van der Waals surface area contributed by atoms with Crippen LogP contribution >= 0.6 is 0 Å². The van der Waals surface area contributed by atoms with E-state index in [1.165, 1.54) is 35.9 Å². The van der Waals surface area contributed by atoms with E-state index >= 15 is 0 Å². The summed E-state index contributed by atoms with van der Waals surface area (Å²) in [6.07, 6.45) is 3.17. The molecular weight excluding hydrogens is 350 g/mol. The lowest BCUT2D eigenvalue weighted by atomic mass is 10.1. The molecule has 0 unspecified atom stereocenters. The maximum atomic E-state index is 12.4. The van der Waals surface area contributed by atoms with Gasteiger partial charge in [0.2, 0.25) is 5.95 Å². The summed E-state index contributed by atoms with van der Waals surface area (Å²) in [5.74, 6) is -0.299. The number of nitrogens with zero attached hydrogens (tertiary/aromatic N) is 4. The van der Waals surface area contributed by atoms with Crippen LogP contribution < -0.4 is 10.9 Å². The number of ketones is 1. The number of nitro groups is 1. The zero-order chi connectivity index (χ0) is 19.4. The Kier molecular flexibility index (Phi) is 5.02. The Morgan fingerprint density at radius 2 is 1.93 bits per heavy atom. The monoisotopic (exact) mass is 365 g/mol. The Balaban J connectivity index is 1.86. The lowest BCUT2D eigenvalue weighted by Crippen LogP contribution is -2.25. The second-order valence-electron chi connectivity index (χ2n) is 5.65. The third-order valence-corrected chi connectivity index (χ3v) is 3.92. The number of anilines is 1. The van der Waals surface area contributed by atoms with Crippen LogP contribution in [0.25, 0.3) is 11.3 Å². The molecule has 0 aliphatic rings. The lowest BCUT2D eigenvalue weighted by molar-refractivity contribution is -0.385. The van der Waals surface area contributed by atoms with Gasteiger partial charge in [-0.1, -0.05) is 12.1 Å². The van der Waals surface area contributed by atoms with Gasteiger partial charge < -0.3 is 5.32 Å². The molecule has 0 atom stereocenters. The molecule has 0 fully saturated rings. The summed E-state index contributed by atoms with van der Waals surface area (Å²) in [4.78, 5) is 43.3. The molecule has 3 aromatic rings. The average molecular weight is 365 g/mol. The quantitative estimate of drug-likeness (QED) is 0.403. The van der Waals surface area contributed by atoms with Crippen LogP contribution in [0.2, 0.25) is 0 Å². The molecule has 0 aliphatic heterocycles. The largest absolute Gasteiger partial charge is 0.348 e. The molecule has 9 nitrogen and oxygen atoms in total. The normalized spacial score (nSPS) is 10.4. The Labute approximate surface area is 153 Å². The van der Waals surface area contributed by atoms with Gasteiger partial charge in [-0.3, -0.25) is 29.3 Å². The molecular formula is C18H15N5O4. The first-order valence-corrected chi connectivity index (χ1v) is 7.96. The zero-order valence-electron chi connectivity index (χ0n) is 14.3. The SMILES string of the molecule is Cn1c(NCC(=O)c2ccccc2[N+](=O)[O-])nc(-c2ccncc2)cc1=O. The molecule has 0 spiro atoms.